The Morgan fingerprint density at radius 2 is 0.605 bits per heavy atom. The molecule has 0 aromatic carbocycles. The van der Waals surface area contributed by atoms with Crippen LogP contribution in [0.25, 0.3) is 0 Å². The fraction of sp³-hybridized carbons (Fsp3) is 1.00. The van der Waals surface area contributed by atoms with Gasteiger partial charge in [0.25, 0.3) is 65.0 Å². The van der Waals surface area contributed by atoms with E-state index in [2.05, 4.69) is 85.1 Å². The van der Waals surface area contributed by atoms with Gasteiger partial charge < -0.3 is 68.8 Å². The summed E-state index contributed by atoms with van der Waals surface area (Å²) in [5.74, 6) is 0. The average Bonchev–Trinajstić information content (AvgIpc) is 2.64. The van der Waals surface area contributed by atoms with Crippen LogP contribution in [0.2, 0.25) is 98.2 Å². The SMILES string of the molecule is CCO[SiH](C)O[SiH](C)O[SiH](C)O[SiH](C)O[SiH](C)C.C[SiH](C)O[SiH](C)O[SiH](C)O[SiH](C)O[SiH](C)O[Si](C)(C)C.O.O.O.O.O. The van der Waals surface area contributed by atoms with Crippen molar-refractivity contribution in [2.24, 2.45) is 0 Å². The minimum atomic E-state index is -1.63. The van der Waals surface area contributed by atoms with Crippen molar-refractivity contribution in [3.63, 3.8) is 0 Å². The Labute approximate surface area is 280 Å². The molecule has 0 aliphatic carbocycles. The predicted octanol–water partition coefficient (Wildman–Crippen LogP) is -2.36. The minimum absolute atomic E-state index is 0. The smallest absolute Gasteiger partial charge is 0.309 e. The molecule has 0 radical (unpaired) electrons. The molecule has 0 aliphatic heterocycles. The van der Waals surface area contributed by atoms with Gasteiger partial charge in [-0.15, -0.1) is 0 Å². The van der Waals surface area contributed by atoms with Crippen LogP contribution in [0.15, 0.2) is 0 Å². The third-order valence-electron chi connectivity index (χ3n) is 4.15. The van der Waals surface area contributed by atoms with Gasteiger partial charge in [-0.3, -0.25) is 0 Å². The van der Waals surface area contributed by atoms with Crippen LogP contribution >= 0.6 is 0 Å². The molecule has 26 heteroatoms. The molecule has 0 aromatic rings. The van der Waals surface area contributed by atoms with Crippen molar-refractivity contribution in [3.8, 4) is 0 Å². The van der Waals surface area contributed by atoms with Crippen molar-refractivity contribution in [2.75, 3.05) is 6.61 Å². The van der Waals surface area contributed by atoms with E-state index in [-0.39, 0.29) is 27.4 Å². The van der Waals surface area contributed by atoms with E-state index in [9.17, 15) is 0 Å². The topological polar surface area (TPSA) is 250 Å². The van der Waals surface area contributed by atoms with Gasteiger partial charge in [0.15, 0.2) is 26.4 Å². The third kappa shape index (κ3) is 43.8. The van der Waals surface area contributed by atoms with Crippen molar-refractivity contribution in [1.82, 2.24) is 0 Å². The fourth-order valence-electron chi connectivity index (χ4n) is 3.38. The summed E-state index contributed by atoms with van der Waals surface area (Å²) in [5.41, 5.74) is 0. The summed E-state index contributed by atoms with van der Waals surface area (Å²) < 4.78 is 58.5. The van der Waals surface area contributed by atoms with Gasteiger partial charge in [0.2, 0.25) is 0 Å². The first-order valence-electron chi connectivity index (χ1n) is 13.9. The molecule has 15 nitrogen and oxygen atoms in total. The van der Waals surface area contributed by atoms with Gasteiger partial charge in [0.1, 0.15) is 0 Å². The van der Waals surface area contributed by atoms with Crippen LogP contribution in [0.1, 0.15) is 6.92 Å². The Morgan fingerprint density at radius 3 is 0.837 bits per heavy atom. The first kappa shape index (κ1) is 60.1. The molecule has 8 unspecified atom stereocenters. The second kappa shape index (κ2) is 33.7. The maximum absolute atomic E-state index is 6.00. The van der Waals surface area contributed by atoms with Gasteiger partial charge in [-0.05, 0) is 105 Å². The van der Waals surface area contributed by atoms with E-state index in [4.69, 9.17) is 41.5 Å². The van der Waals surface area contributed by atoms with Gasteiger partial charge in [0, 0.05) is 6.61 Å². The van der Waals surface area contributed by atoms with E-state index in [1.807, 2.05) is 20.0 Å². The summed E-state index contributed by atoms with van der Waals surface area (Å²) in [5, 5.41) is 0. The van der Waals surface area contributed by atoms with Crippen molar-refractivity contribution >= 4 is 101 Å². The molecule has 0 saturated heterocycles. The van der Waals surface area contributed by atoms with Gasteiger partial charge in [0.05, 0.1) is 0 Å². The Kier molecular flexibility index (Phi) is 47.1. The second-order valence-corrected chi connectivity index (χ2v) is 37.9. The molecule has 0 saturated carbocycles. The Morgan fingerprint density at radius 1 is 0.372 bits per heavy atom. The molecule has 10 N–H and O–H groups in total. The largest absolute Gasteiger partial charge is 0.442 e. The van der Waals surface area contributed by atoms with Crippen LogP contribution in [0.5, 0.6) is 0 Å². The number of hydrogen-bond donors (Lipinski definition) is 0. The van der Waals surface area contributed by atoms with Crippen LogP contribution in [0.3, 0.4) is 0 Å². The normalized spacial score (nSPS) is 16.6. The molecule has 0 fully saturated rings. The van der Waals surface area contributed by atoms with Crippen molar-refractivity contribution in [1.29, 1.82) is 0 Å². The van der Waals surface area contributed by atoms with Crippen molar-refractivity contribution in [2.45, 2.75) is 105 Å². The molecule has 0 aromatic heterocycles. The highest BCUT2D eigenvalue weighted by atomic mass is 28.5. The Bertz CT molecular complexity index is 576. The summed E-state index contributed by atoms with van der Waals surface area (Å²) in [4.78, 5) is 0. The van der Waals surface area contributed by atoms with E-state index >= 15 is 0 Å². The van der Waals surface area contributed by atoms with E-state index in [1.165, 1.54) is 0 Å². The summed E-state index contributed by atoms with van der Waals surface area (Å²) in [6.07, 6.45) is 0. The van der Waals surface area contributed by atoms with Crippen LogP contribution in [0, 0.1) is 0 Å². The van der Waals surface area contributed by atoms with Crippen LogP contribution in [-0.2, 0) is 41.5 Å². The number of hydrogen-bond acceptors (Lipinski definition) is 10. The average molecular weight is 824 g/mol. The van der Waals surface area contributed by atoms with Gasteiger partial charge in [-0.1, -0.05) is 0 Å². The first-order chi connectivity index (χ1) is 17.3. The molecule has 0 rings (SSSR count). The Balaban J connectivity index is -0.000000108. The molecule has 0 heterocycles. The van der Waals surface area contributed by atoms with Crippen LogP contribution < -0.4 is 0 Å². The minimum Gasteiger partial charge on any atom is -0.442 e. The van der Waals surface area contributed by atoms with E-state index in [1.54, 1.807) is 0 Å². The maximum atomic E-state index is 6.00. The molecule has 0 spiro atoms. The predicted molar refractivity (Wildman–Crippen MR) is 205 cm³/mol. The Hall–Kier alpha value is 1.79. The molecular formula is C17H70O15Si11. The van der Waals surface area contributed by atoms with Gasteiger partial charge >= 0.3 is 9.28 Å². The fourth-order valence-corrected chi connectivity index (χ4v) is 33.0. The second-order valence-electron chi connectivity index (χ2n) is 10.4. The van der Waals surface area contributed by atoms with Crippen molar-refractivity contribution < 1.29 is 68.8 Å². The molecule has 272 valence electrons. The lowest BCUT2D eigenvalue weighted by Crippen LogP contribution is -2.41. The van der Waals surface area contributed by atoms with E-state index in [0.717, 1.165) is 6.61 Å². The molecule has 43 heavy (non-hydrogen) atoms. The lowest BCUT2D eigenvalue weighted by atomic mass is 10.9. The molecule has 0 amide bonds. The van der Waals surface area contributed by atoms with E-state index in [0.29, 0.717) is 0 Å². The molecular weight excluding hydrogens is 753 g/mol. The van der Waals surface area contributed by atoms with Crippen LogP contribution in [-0.4, -0.2) is 135 Å². The molecule has 0 bridgehead atoms. The first-order valence-corrected chi connectivity index (χ1v) is 39.6. The zero-order valence-electron chi connectivity index (χ0n) is 29.6. The quantitative estimate of drug-likeness (QED) is 0.118. The van der Waals surface area contributed by atoms with Crippen molar-refractivity contribution in [3.05, 3.63) is 0 Å². The third-order valence-corrected chi connectivity index (χ3v) is 34.9. The zero-order valence-corrected chi connectivity index (χ0v) is 42.1. The molecule has 0 aliphatic rings. The summed E-state index contributed by atoms with van der Waals surface area (Å²) >= 11 is 0. The van der Waals surface area contributed by atoms with E-state index < -0.39 is 101 Å². The molecule has 8 atom stereocenters. The van der Waals surface area contributed by atoms with Crippen LogP contribution in [0.4, 0.5) is 0 Å². The summed E-state index contributed by atoms with van der Waals surface area (Å²) in [6.45, 7) is 34.4. The zero-order chi connectivity index (χ0) is 30.1. The monoisotopic (exact) mass is 822 g/mol. The maximum Gasteiger partial charge on any atom is 0.309 e. The highest BCUT2D eigenvalue weighted by Crippen LogP contribution is 2.08. The standard InChI is InChI=1S/C9H32O5Si6.C8H28O5Si5.5H2O/c1-15(2)10-16(3)11-17(4)12-18(5)13-19(6)14-20(7,8)9;1-8-9-15(4)11-17(6)13-18(7)12-16(5)10-14(2)3;;;;;/h15-19H,1-9H3;14-18H,8H2,1-7H3;5*1H2. The highest BCUT2D eigenvalue weighted by molar-refractivity contribution is 6.77. The lowest BCUT2D eigenvalue weighted by molar-refractivity contribution is 0.269. The lowest BCUT2D eigenvalue weighted by Gasteiger charge is -2.27. The summed E-state index contributed by atoms with van der Waals surface area (Å²) in [7, 11) is -15.9. The van der Waals surface area contributed by atoms with Gasteiger partial charge in [-0.25, -0.2) is 0 Å². The van der Waals surface area contributed by atoms with Gasteiger partial charge in [-0.2, -0.15) is 0 Å². The number of rotatable bonds is 20. The highest BCUT2D eigenvalue weighted by Gasteiger charge is 2.24. The summed E-state index contributed by atoms with van der Waals surface area (Å²) in [6, 6.07) is 0.